The number of carbonyl (C=O) groups is 1. The Bertz CT molecular complexity index is 549. The molecule has 1 unspecified atom stereocenters. The predicted molar refractivity (Wildman–Crippen MR) is 101 cm³/mol. The molecule has 2 aliphatic rings. The van der Waals surface area contributed by atoms with Gasteiger partial charge in [-0.3, -0.25) is 9.69 Å². The second-order valence-electron chi connectivity index (χ2n) is 7.41. The number of carbonyl (C=O) groups excluding carboxylic acids is 1. The number of hydrogen-bond donors (Lipinski definition) is 2. The number of nitrogens with one attached hydrogen (secondary N) is 1. The molecule has 0 spiro atoms. The highest BCUT2D eigenvalue weighted by atomic mass is 35.5. The van der Waals surface area contributed by atoms with Crippen molar-refractivity contribution in [3.8, 4) is 0 Å². The molecule has 1 aliphatic heterocycles. The van der Waals surface area contributed by atoms with Gasteiger partial charge in [-0.15, -0.1) is 0 Å². The van der Waals surface area contributed by atoms with Gasteiger partial charge in [0.1, 0.15) is 0 Å². The summed E-state index contributed by atoms with van der Waals surface area (Å²) in [4.78, 5) is 15.0. The van der Waals surface area contributed by atoms with E-state index in [-0.39, 0.29) is 24.0 Å². The van der Waals surface area contributed by atoms with Crippen molar-refractivity contribution in [2.24, 2.45) is 5.92 Å². The molecule has 1 heterocycles. The van der Waals surface area contributed by atoms with Gasteiger partial charge in [0.05, 0.1) is 12.1 Å². The van der Waals surface area contributed by atoms with Crippen LogP contribution in [0.2, 0.25) is 5.02 Å². The number of nitrogens with zero attached hydrogens (tertiary/aromatic N) is 1. The van der Waals surface area contributed by atoms with Gasteiger partial charge in [-0.1, -0.05) is 30.2 Å². The van der Waals surface area contributed by atoms with E-state index in [4.69, 9.17) is 11.6 Å². The summed E-state index contributed by atoms with van der Waals surface area (Å²) in [6, 6.07) is 8.21. The van der Waals surface area contributed by atoms with E-state index < -0.39 is 0 Å². The summed E-state index contributed by atoms with van der Waals surface area (Å²) < 4.78 is 0. The highest BCUT2D eigenvalue weighted by Crippen LogP contribution is 2.27. The highest BCUT2D eigenvalue weighted by Gasteiger charge is 2.27. The molecule has 0 aromatic heterocycles. The van der Waals surface area contributed by atoms with Gasteiger partial charge in [-0.05, 0) is 69.3 Å². The summed E-state index contributed by atoms with van der Waals surface area (Å²) in [6.45, 7) is 2.80. The predicted octanol–water partition coefficient (Wildman–Crippen LogP) is 3.53. The Labute approximate surface area is 155 Å². The average molecular weight is 365 g/mol. The minimum atomic E-state index is -0.223. The summed E-state index contributed by atoms with van der Waals surface area (Å²) in [5.74, 6) is 0.193. The standard InChI is InChI=1S/C20H29ClN2O2/c21-17-8-4-15(5-9-17)19(23-12-2-1-3-13-23)14-22-20(25)16-6-10-18(24)11-7-16/h4-5,8-9,16,18-19,24H,1-3,6-7,10-14H2,(H,22,25). The first kappa shape index (κ1) is 18.7. The SMILES string of the molecule is O=C(NCC(c1ccc(Cl)cc1)N1CCCCC1)C1CCC(O)CC1. The fraction of sp³-hybridized carbons (Fsp3) is 0.650. The second-order valence-corrected chi connectivity index (χ2v) is 7.85. The molecule has 25 heavy (non-hydrogen) atoms. The average Bonchev–Trinajstić information content (AvgIpc) is 2.64. The van der Waals surface area contributed by atoms with Crippen molar-refractivity contribution in [3.05, 3.63) is 34.9 Å². The molecule has 1 aromatic rings. The Morgan fingerprint density at radius 1 is 1.12 bits per heavy atom. The Morgan fingerprint density at radius 2 is 1.76 bits per heavy atom. The maximum absolute atomic E-state index is 12.5. The lowest BCUT2D eigenvalue weighted by Crippen LogP contribution is -2.42. The van der Waals surface area contributed by atoms with Crippen LogP contribution in [0.25, 0.3) is 0 Å². The van der Waals surface area contributed by atoms with E-state index >= 15 is 0 Å². The lowest BCUT2D eigenvalue weighted by Gasteiger charge is -2.35. The van der Waals surface area contributed by atoms with Gasteiger partial charge < -0.3 is 10.4 Å². The molecule has 138 valence electrons. The number of rotatable bonds is 5. The van der Waals surface area contributed by atoms with E-state index in [0.29, 0.717) is 6.54 Å². The van der Waals surface area contributed by atoms with E-state index in [0.717, 1.165) is 43.8 Å². The maximum atomic E-state index is 12.5. The highest BCUT2D eigenvalue weighted by molar-refractivity contribution is 6.30. The Balaban J connectivity index is 1.62. The van der Waals surface area contributed by atoms with Crippen molar-refractivity contribution in [1.82, 2.24) is 10.2 Å². The summed E-state index contributed by atoms with van der Waals surface area (Å²) >= 11 is 6.04. The zero-order valence-electron chi connectivity index (χ0n) is 14.8. The number of aliphatic hydroxyl groups is 1. The number of aliphatic hydroxyl groups excluding tert-OH is 1. The number of hydrogen-bond acceptors (Lipinski definition) is 3. The molecule has 4 nitrogen and oxygen atoms in total. The normalized spacial score (nSPS) is 26.2. The number of amides is 1. The quantitative estimate of drug-likeness (QED) is 0.840. The third kappa shape index (κ3) is 5.19. The van der Waals surface area contributed by atoms with Crippen molar-refractivity contribution in [2.75, 3.05) is 19.6 Å². The fourth-order valence-electron chi connectivity index (χ4n) is 4.05. The first-order valence-corrected chi connectivity index (χ1v) is 9.96. The van der Waals surface area contributed by atoms with E-state index in [9.17, 15) is 9.90 Å². The first-order chi connectivity index (χ1) is 12.1. The minimum Gasteiger partial charge on any atom is -0.393 e. The molecule has 3 rings (SSSR count). The number of piperidine rings is 1. The molecule has 1 aromatic carbocycles. The van der Waals surface area contributed by atoms with Crippen LogP contribution in [0.4, 0.5) is 0 Å². The molecular weight excluding hydrogens is 336 g/mol. The van der Waals surface area contributed by atoms with Crippen LogP contribution in [0.15, 0.2) is 24.3 Å². The number of benzene rings is 1. The Hall–Kier alpha value is -1.10. The lowest BCUT2D eigenvalue weighted by atomic mass is 9.87. The molecular formula is C20H29ClN2O2. The van der Waals surface area contributed by atoms with Gasteiger partial charge in [-0.2, -0.15) is 0 Å². The smallest absolute Gasteiger partial charge is 0.223 e. The van der Waals surface area contributed by atoms with Crippen molar-refractivity contribution in [2.45, 2.75) is 57.1 Å². The zero-order chi connectivity index (χ0) is 17.6. The zero-order valence-corrected chi connectivity index (χ0v) is 15.5. The van der Waals surface area contributed by atoms with E-state index in [1.165, 1.54) is 24.8 Å². The van der Waals surface area contributed by atoms with Gasteiger partial charge in [0.25, 0.3) is 0 Å². The summed E-state index contributed by atoms with van der Waals surface area (Å²) in [6.07, 6.45) is 6.58. The van der Waals surface area contributed by atoms with Crippen LogP contribution in [0, 0.1) is 5.92 Å². The molecule has 1 aliphatic carbocycles. The monoisotopic (exact) mass is 364 g/mol. The Morgan fingerprint density at radius 3 is 2.40 bits per heavy atom. The number of halogens is 1. The third-order valence-electron chi connectivity index (χ3n) is 5.62. The van der Waals surface area contributed by atoms with Gasteiger partial charge in [0.2, 0.25) is 5.91 Å². The minimum absolute atomic E-state index is 0.0515. The van der Waals surface area contributed by atoms with Crippen molar-refractivity contribution >= 4 is 17.5 Å². The van der Waals surface area contributed by atoms with Crippen molar-refractivity contribution in [3.63, 3.8) is 0 Å². The number of likely N-dealkylation sites (tertiary alicyclic amines) is 1. The van der Waals surface area contributed by atoms with Crippen LogP contribution >= 0.6 is 11.6 Å². The molecule has 1 saturated heterocycles. The molecule has 5 heteroatoms. The summed E-state index contributed by atoms with van der Waals surface area (Å²) in [5, 5.41) is 13.5. The first-order valence-electron chi connectivity index (χ1n) is 9.59. The molecule has 2 fully saturated rings. The molecule has 1 amide bonds. The van der Waals surface area contributed by atoms with Crippen molar-refractivity contribution < 1.29 is 9.90 Å². The maximum Gasteiger partial charge on any atom is 0.223 e. The largest absolute Gasteiger partial charge is 0.393 e. The van der Waals surface area contributed by atoms with Crippen LogP contribution in [0.1, 0.15) is 56.6 Å². The van der Waals surface area contributed by atoms with Crippen molar-refractivity contribution in [1.29, 1.82) is 0 Å². The lowest BCUT2D eigenvalue weighted by molar-refractivity contribution is -0.126. The van der Waals surface area contributed by atoms with Crippen LogP contribution in [-0.4, -0.2) is 41.7 Å². The van der Waals surface area contributed by atoms with Crippen LogP contribution in [0.5, 0.6) is 0 Å². The second kappa shape index (κ2) is 9.02. The molecule has 2 N–H and O–H groups in total. The van der Waals surface area contributed by atoms with E-state index in [1.54, 1.807) is 0 Å². The molecule has 1 atom stereocenters. The summed E-state index contributed by atoms with van der Waals surface area (Å²) in [7, 11) is 0. The molecule has 1 saturated carbocycles. The van der Waals surface area contributed by atoms with Crippen LogP contribution in [-0.2, 0) is 4.79 Å². The van der Waals surface area contributed by atoms with E-state index in [1.807, 2.05) is 12.1 Å². The Kier molecular flexibility index (Phi) is 6.74. The van der Waals surface area contributed by atoms with Gasteiger partial charge >= 0.3 is 0 Å². The van der Waals surface area contributed by atoms with Gasteiger partial charge in [0, 0.05) is 17.5 Å². The van der Waals surface area contributed by atoms with Crippen LogP contribution < -0.4 is 5.32 Å². The fourth-order valence-corrected chi connectivity index (χ4v) is 4.18. The van der Waals surface area contributed by atoms with Crippen LogP contribution in [0.3, 0.4) is 0 Å². The molecule has 0 bridgehead atoms. The summed E-state index contributed by atoms with van der Waals surface area (Å²) in [5.41, 5.74) is 1.21. The third-order valence-corrected chi connectivity index (χ3v) is 5.88. The van der Waals surface area contributed by atoms with Gasteiger partial charge in [-0.25, -0.2) is 0 Å². The van der Waals surface area contributed by atoms with Gasteiger partial charge in [0.15, 0.2) is 0 Å². The van der Waals surface area contributed by atoms with E-state index in [2.05, 4.69) is 22.3 Å². The topological polar surface area (TPSA) is 52.6 Å². The molecule has 0 radical (unpaired) electrons.